The van der Waals surface area contributed by atoms with Gasteiger partial charge in [-0.2, -0.15) is 0 Å². The molecule has 3 rings (SSSR count). The molecule has 2 heterocycles. The molecule has 144 valence electrons. The van der Waals surface area contributed by atoms with Crippen molar-refractivity contribution in [2.45, 2.75) is 26.2 Å². The maximum absolute atomic E-state index is 12.0. The molecule has 0 radical (unpaired) electrons. The van der Waals surface area contributed by atoms with E-state index in [4.69, 9.17) is 9.47 Å². The highest BCUT2D eigenvalue weighted by molar-refractivity contribution is 5.74. The predicted molar refractivity (Wildman–Crippen MR) is 102 cm³/mol. The van der Waals surface area contributed by atoms with Gasteiger partial charge in [-0.1, -0.05) is 19.1 Å². The first kappa shape index (κ1) is 18.9. The van der Waals surface area contributed by atoms with E-state index in [0.29, 0.717) is 30.4 Å². The number of aliphatic carboxylic acids is 1. The normalized spacial score (nSPS) is 19.2. The second-order valence-corrected chi connectivity index (χ2v) is 6.66. The number of carboxylic acid groups (broad SMARTS) is 1. The van der Waals surface area contributed by atoms with E-state index in [0.717, 1.165) is 23.4 Å². The summed E-state index contributed by atoms with van der Waals surface area (Å²) in [5.74, 6) is 1.07. The fraction of sp³-hybridized carbons (Fsp3) is 0.450. The summed E-state index contributed by atoms with van der Waals surface area (Å²) >= 11 is 0. The van der Waals surface area contributed by atoms with Gasteiger partial charge in [0, 0.05) is 36.3 Å². The van der Waals surface area contributed by atoms with Gasteiger partial charge in [0.15, 0.2) is 11.5 Å². The van der Waals surface area contributed by atoms with Gasteiger partial charge in [-0.15, -0.1) is 0 Å². The standard InChI is InChI=1S/C20H25N3O4/c1-5-13-9-21-12(2)22-19(13)23-10-15(16(11-23)20(24)25)14-7-6-8-17(26-3)18(14)27-4/h6-9,15-16H,5,10-11H2,1-4H3,(H,24,25)/t15-,16+/m1/s1. The molecule has 0 saturated carbocycles. The minimum absolute atomic E-state index is 0.229. The highest BCUT2D eigenvalue weighted by Crippen LogP contribution is 2.43. The fourth-order valence-corrected chi connectivity index (χ4v) is 3.75. The second-order valence-electron chi connectivity index (χ2n) is 6.66. The molecule has 1 fully saturated rings. The Balaban J connectivity index is 2.03. The lowest BCUT2D eigenvalue weighted by Crippen LogP contribution is -2.25. The first-order valence-electron chi connectivity index (χ1n) is 9.01. The Labute approximate surface area is 159 Å². The van der Waals surface area contributed by atoms with Gasteiger partial charge in [-0.25, -0.2) is 9.97 Å². The molecule has 1 aliphatic heterocycles. The van der Waals surface area contributed by atoms with Crippen molar-refractivity contribution < 1.29 is 19.4 Å². The van der Waals surface area contributed by atoms with E-state index in [1.165, 1.54) is 0 Å². The van der Waals surface area contributed by atoms with E-state index < -0.39 is 11.9 Å². The van der Waals surface area contributed by atoms with Crippen LogP contribution in [0, 0.1) is 12.8 Å². The number of rotatable bonds is 6. The van der Waals surface area contributed by atoms with Crippen LogP contribution in [0.1, 0.15) is 29.8 Å². The van der Waals surface area contributed by atoms with E-state index in [2.05, 4.69) is 14.9 Å². The van der Waals surface area contributed by atoms with Gasteiger partial charge in [0.1, 0.15) is 11.6 Å². The summed E-state index contributed by atoms with van der Waals surface area (Å²) in [5, 5.41) is 9.85. The molecule has 0 amide bonds. The Bertz CT molecular complexity index is 840. The summed E-state index contributed by atoms with van der Waals surface area (Å²) in [6, 6.07) is 5.59. The van der Waals surface area contributed by atoms with Gasteiger partial charge in [0.2, 0.25) is 0 Å². The average Bonchev–Trinajstić information content (AvgIpc) is 3.12. The molecule has 2 atom stereocenters. The van der Waals surface area contributed by atoms with Crippen molar-refractivity contribution in [1.82, 2.24) is 9.97 Å². The number of aromatic nitrogens is 2. The molecular formula is C20H25N3O4. The topological polar surface area (TPSA) is 84.8 Å². The first-order valence-corrected chi connectivity index (χ1v) is 9.01. The third-order valence-electron chi connectivity index (χ3n) is 5.11. The van der Waals surface area contributed by atoms with Crippen molar-refractivity contribution in [2.24, 2.45) is 5.92 Å². The van der Waals surface area contributed by atoms with Crippen LogP contribution in [-0.2, 0) is 11.2 Å². The Morgan fingerprint density at radius 3 is 2.70 bits per heavy atom. The molecule has 0 aliphatic carbocycles. The summed E-state index contributed by atoms with van der Waals surface area (Å²) in [7, 11) is 3.15. The molecule has 7 nitrogen and oxygen atoms in total. The lowest BCUT2D eigenvalue weighted by Gasteiger charge is -2.21. The number of para-hydroxylation sites is 1. The molecule has 0 unspecified atom stereocenters. The van der Waals surface area contributed by atoms with Crippen LogP contribution in [0.25, 0.3) is 0 Å². The van der Waals surface area contributed by atoms with Gasteiger partial charge >= 0.3 is 5.97 Å². The quantitative estimate of drug-likeness (QED) is 0.835. The number of carboxylic acids is 1. The molecule has 0 bridgehead atoms. The molecule has 2 aromatic rings. The Hall–Kier alpha value is -2.83. The molecule has 27 heavy (non-hydrogen) atoms. The molecule has 1 saturated heterocycles. The number of methoxy groups -OCH3 is 2. The van der Waals surface area contributed by atoms with E-state index in [9.17, 15) is 9.90 Å². The monoisotopic (exact) mass is 371 g/mol. The van der Waals surface area contributed by atoms with E-state index >= 15 is 0 Å². The first-order chi connectivity index (χ1) is 13.0. The second kappa shape index (κ2) is 7.82. The van der Waals surface area contributed by atoms with Crippen LogP contribution >= 0.6 is 0 Å². The zero-order valence-corrected chi connectivity index (χ0v) is 16.1. The minimum Gasteiger partial charge on any atom is -0.493 e. The number of hydrogen-bond donors (Lipinski definition) is 1. The van der Waals surface area contributed by atoms with Crippen LogP contribution < -0.4 is 14.4 Å². The summed E-state index contributed by atoms with van der Waals surface area (Å²) in [6.45, 7) is 4.83. The number of aryl methyl sites for hydroxylation is 2. The Kier molecular flexibility index (Phi) is 5.48. The average molecular weight is 371 g/mol. The molecule has 0 spiro atoms. The van der Waals surface area contributed by atoms with Gasteiger partial charge in [0.05, 0.1) is 20.1 Å². The molecule has 1 aromatic heterocycles. The smallest absolute Gasteiger partial charge is 0.308 e. The number of ether oxygens (including phenoxy) is 2. The van der Waals surface area contributed by atoms with Gasteiger partial charge in [-0.3, -0.25) is 4.79 Å². The van der Waals surface area contributed by atoms with Crippen LogP contribution in [0.4, 0.5) is 5.82 Å². The summed E-state index contributed by atoms with van der Waals surface area (Å²) in [6.07, 6.45) is 2.61. The highest BCUT2D eigenvalue weighted by Gasteiger charge is 2.41. The van der Waals surface area contributed by atoms with Crippen LogP contribution in [0.15, 0.2) is 24.4 Å². The summed E-state index contributed by atoms with van der Waals surface area (Å²) in [4.78, 5) is 22.9. The minimum atomic E-state index is -0.823. The molecule has 1 aromatic carbocycles. The molecular weight excluding hydrogens is 346 g/mol. The number of benzene rings is 1. The predicted octanol–water partition coefficient (Wildman–Crippen LogP) is 2.67. The maximum atomic E-state index is 12.0. The van der Waals surface area contributed by atoms with Crippen LogP contribution in [-0.4, -0.2) is 48.4 Å². The largest absolute Gasteiger partial charge is 0.493 e. The van der Waals surface area contributed by atoms with E-state index in [-0.39, 0.29) is 5.92 Å². The highest BCUT2D eigenvalue weighted by atomic mass is 16.5. The zero-order valence-electron chi connectivity index (χ0n) is 16.1. The van der Waals surface area contributed by atoms with Gasteiger partial charge in [0.25, 0.3) is 0 Å². The lowest BCUT2D eigenvalue weighted by molar-refractivity contribution is -0.141. The van der Waals surface area contributed by atoms with Crippen molar-refractivity contribution in [3.8, 4) is 11.5 Å². The number of hydrogen-bond acceptors (Lipinski definition) is 6. The number of nitrogens with zero attached hydrogens (tertiary/aromatic N) is 3. The molecule has 7 heteroatoms. The number of carbonyl (C=O) groups is 1. The van der Waals surface area contributed by atoms with Crippen molar-refractivity contribution in [1.29, 1.82) is 0 Å². The zero-order chi connectivity index (χ0) is 19.6. The lowest BCUT2D eigenvalue weighted by atomic mass is 9.88. The molecule has 1 aliphatic rings. The summed E-state index contributed by atoms with van der Waals surface area (Å²) < 4.78 is 10.9. The van der Waals surface area contributed by atoms with E-state index in [1.807, 2.05) is 38.2 Å². The van der Waals surface area contributed by atoms with E-state index in [1.54, 1.807) is 14.2 Å². The third kappa shape index (κ3) is 3.54. The van der Waals surface area contributed by atoms with Gasteiger partial charge in [-0.05, 0) is 19.4 Å². The van der Waals surface area contributed by atoms with Crippen molar-refractivity contribution in [3.05, 3.63) is 41.3 Å². The van der Waals surface area contributed by atoms with Crippen LogP contribution in [0.5, 0.6) is 11.5 Å². The van der Waals surface area contributed by atoms with Crippen LogP contribution in [0.2, 0.25) is 0 Å². The summed E-state index contributed by atoms with van der Waals surface area (Å²) in [5.41, 5.74) is 1.86. The Morgan fingerprint density at radius 1 is 1.30 bits per heavy atom. The van der Waals surface area contributed by atoms with Crippen molar-refractivity contribution in [2.75, 3.05) is 32.2 Å². The maximum Gasteiger partial charge on any atom is 0.308 e. The Morgan fingerprint density at radius 2 is 2.07 bits per heavy atom. The third-order valence-corrected chi connectivity index (χ3v) is 5.11. The van der Waals surface area contributed by atoms with Gasteiger partial charge < -0.3 is 19.5 Å². The molecule has 1 N–H and O–H groups in total. The van der Waals surface area contributed by atoms with Crippen LogP contribution in [0.3, 0.4) is 0 Å². The SMILES string of the molecule is CCc1cnc(C)nc1N1C[C@H](C(=O)O)[C@@H](c2cccc(OC)c2OC)C1. The fourth-order valence-electron chi connectivity index (χ4n) is 3.75. The number of anilines is 1. The van der Waals surface area contributed by atoms with Crippen molar-refractivity contribution in [3.63, 3.8) is 0 Å². The van der Waals surface area contributed by atoms with Crippen molar-refractivity contribution >= 4 is 11.8 Å².